The molecule has 134 valence electrons. The number of hydrogen-bond acceptors (Lipinski definition) is 5. The predicted molar refractivity (Wildman–Crippen MR) is 96.9 cm³/mol. The van der Waals surface area contributed by atoms with Gasteiger partial charge < -0.3 is 11.1 Å². The van der Waals surface area contributed by atoms with Crippen LogP contribution in [0.4, 0.5) is 5.00 Å². The number of thiophene rings is 1. The van der Waals surface area contributed by atoms with Crippen LogP contribution in [0.5, 0.6) is 0 Å². The van der Waals surface area contributed by atoms with Crippen LogP contribution in [-0.2, 0) is 14.8 Å². The first-order valence-corrected chi connectivity index (χ1v) is 9.84. The maximum absolute atomic E-state index is 12.6. The summed E-state index contributed by atoms with van der Waals surface area (Å²) < 4.78 is 27.4. The first-order valence-electron chi connectivity index (χ1n) is 7.48. The summed E-state index contributed by atoms with van der Waals surface area (Å²) in [5.41, 5.74) is 5.44. The van der Waals surface area contributed by atoms with Gasteiger partial charge in [-0.2, -0.15) is 4.72 Å². The lowest BCUT2D eigenvalue weighted by Gasteiger charge is -2.21. The minimum atomic E-state index is -3.85. The van der Waals surface area contributed by atoms with Gasteiger partial charge in [0.25, 0.3) is 5.91 Å². The summed E-state index contributed by atoms with van der Waals surface area (Å²) in [6.45, 7) is 3.45. The second-order valence-corrected chi connectivity index (χ2v) is 8.30. The summed E-state index contributed by atoms with van der Waals surface area (Å²) in [5, 5.41) is 4.49. The molecule has 2 aromatic rings. The van der Waals surface area contributed by atoms with Crippen molar-refractivity contribution in [3.05, 3.63) is 47.3 Å². The molecular formula is C16H19N3O4S2. The number of nitrogens with two attached hydrogens (primary N) is 1. The van der Waals surface area contributed by atoms with E-state index in [0.717, 1.165) is 11.3 Å². The molecule has 9 heteroatoms. The Labute approximate surface area is 150 Å². The number of primary amides is 1. The Hall–Kier alpha value is -2.23. The molecule has 1 aromatic carbocycles. The van der Waals surface area contributed by atoms with E-state index in [1.165, 1.54) is 18.2 Å². The van der Waals surface area contributed by atoms with Gasteiger partial charge in [-0.1, -0.05) is 32.0 Å². The van der Waals surface area contributed by atoms with Gasteiger partial charge in [0, 0.05) is 0 Å². The molecule has 1 atom stereocenters. The summed E-state index contributed by atoms with van der Waals surface area (Å²) in [6, 6.07) is 8.29. The van der Waals surface area contributed by atoms with Gasteiger partial charge in [-0.05, 0) is 29.5 Å². The number of anilines is 1. The molecule has 7 nitrogen and oxygen atoms in total. The van der Waals surface area contributed by atoms with E-state index in [0.29, 0.717) is 5.00 Å². The van der Waals surface area contributed by atoms with Crippen LogP contribution < -0.4 is 15.8 Å². The molecule has 2 rings (SSSR count). The molecule has 2 amide bonds. The highest BCUT2D eigenvalue weighted by Crippen LogP contribution is 2.23. The van der Waals surface area contributed by atoms with E-state index < -0.39 is 27.9 Å². The standard InChI is InChI=1S/C16H19N3O4S2/c1-10(2)13(19-25(22,23)11-6-4-3-5-7-11)15(21)18-16-12(14(17)20)8-9-24-16/h3-10,13,19H,1-2H3,(H2,17,20)(H,18,21)/t13-/m0/s1. The quantitative estimate of drug-likeness (QED) is 0.677. The topological polar surface area (TPSA) is 118 Å². The van der Waals surface area contributed by atoms with Crippen LogP contribution in [0.1, 0.15) is 24.2 Å². The fourth-order valence-electron chi connectivity index (χ4n) is 2.12. The molecule has 0 aliphatic heterocycles. The second-order valence-electron chi connectivity index (χ2n) is 5.67. The minimum absolute atomic E-state index is 0.0717. The van der Waals surface area contributed by atoms with E-state index >= 15 is 0 Å². The number of hydrogen-bond donors (Lipinski definition) is 3. The molecule has 0 radical (unpaired) electrons. The van der Waals surface area contributed by atoms with E-state index in [-0.39, 0.29) is 16.4 Å². The van der Waals surface area contributed by atoms with Crippen LogP contribution in [0.2, 0.25) is 0 Å². The summed E-state index contributed by atoms with van der Waals surface area (Å²) >= 11 is 1.14. The van der Waals surface area contributed by atoms with Gasteiger partial charge in [0.05, 0.1) is 10.5 Å². The first-order chi connectivity index (χ1) is 11.7. The smallest absolute Gasteiger partial charge is 0.251 e. The molecule has 0 saturated carbocycles. The van der Waals surface area contributed by atoms with Gasteiger partial charge in [-0.25, -0.2) is 8.42 Å². The van der Waals surface area contributed by atoms with Gasteiger partial charge in [0.15, 0.2) is 0 Å². The third kappa shape index (κ3) is 4.65. The highest BCUT2D eigenvalue weighted by molar-refractivity contribution is 7.89. The van der Waals surface area contributed by atoms with Crippen molar-refractivity contribution in [1.29, 1.82) is 0 Å². The number of benzene rings is 1. The van der Waals surface area contributed by atoms with Crippen LogP contribution in [0.25, 0.3) is 0 Å². The zero-order chi connectivity index (χ0) is 18.6. The fourth-order valence-corrected chi connectivity index (χ4v) is 4.28. The Morgan fingerprint density at radius 1 is 1.12 bits per heavy atom. The summed E-state index contributed by atoms with van der Waals surface area (Å²) in [6.07, 6.45) is 0. The van der Waals surface area contributed by atoms with E-state index in [1.54, 1.807) is 37.4 Å². The molecule has 0 aliphatic carbocycles. The Kier molecular flexibility index (Phi) is 5.93. The van der Waals surface area contributed by atoms with Crippen LogP contribution in [-0.4, -0.2) is 26.3 Å². The molecule has 1 heterocycles. The Morgan fingerprint density at radius 3 is 2.32 bits per heavy atom. The molecule has 4 N–H and O–H groups in total. The number of carbonyl (C=O) groups excluding carboxylic acids is 2. The fraction of sp³-hybridized carbons (Fsp3) is 0.250. The van der Waals surface area contributed by atoms with Crippen molar-refractivity contribution in [2.45, 2.75) is 24.8 Å². The second kappa shape index (κ2) is 7.77. The zero-order valence-electron chi connectivity index (χ0n) is 13.7. The SMILES string of the molecule is CC(C)[C@H](NS(=O)(=O)c1ccccc1)C(=O)Nc1sccc1C(N)=O. The average Bonchev–Trinajstić information content (AvgIpc) is 3.01. The highest BCUT2D eigenvalue weighted by Gasteiger charge is 2.29. The molecular weight excluding hydrogens is 362 g/mol. The summed E-state index contributed by atoms with van der Waals surface area (Å²) in [4.78, 5) is 24.0. The lowest BCUT2D eigenvalue weighted by molar-refractivity contribution is -0.118. The Bertz CT molecular complexity index is 861. The molecule has 0 aliphatic rings. The number of rotatable bonds is 7. The molecule has 1 aromatic heterocycles. The summed E-state index contributed by atoms with van der Waals surface area (Å²) in [7, 11) is -3.85. The van der Waals surface area contributed by atoms with E-state index in [2.05, 4.69) is 10.0 Å². The van der Waals surface area contributed by atoms with Gasteiger partial charge in [-0.3, -0.25) is 9.59 Å². The van der Waals surface area contributed by atoms with E-state index in [9.17, 15) is 18.0 Å². The average molecular weight is 381 g/mol. The maximum atomic E-state index is 12.6. The van der Waals surface area contributed by atoms with Crippen molar-refractivity contribution in [3.63, 3.8) is 0 Å². The number of amides is 2. The van der Waals surface area contributed by atoms with E-state index in [1.807, 2.05) is 0 Å². The van der Waals surface area contributed by atoms with Crippen molar-refractivity contribution in [3.8, 4) is 0 Å². The Morgan fingerprint density at radius 2 is 1.76 bits per heavy atom. The molecule has 0 bridgehead atoms. The molecule has 0 spiro atoms. The summed E-state index contributed by atoms with van der Waals surface area (Å²) in [5.74, 6) is -1.53. The van der Waals surface area contributed by atoms with Crippen LogP contribution >= 0.6 is 11.3 Å². The minimum Gasteiger partial charge on any atom is -0.366 e. The van der Waals surface area contributed by atoms with Crippen molar-refractivity contribution in [2.24, 2.45) is 11.7 Å². The third-order valence-corrected chi connectivity index (χ3v) is 5.74. The molecule has 25 heavy (non-hydrogen) atoms. The van der Waals surface area contributed by atoms with Crippen molar-refractivity contribution in [2.75, 3.05) is 5.32 Å². The Balaban J connectivity index is 2.22. The first kappa shape index (κ1) is 19.1. The number of nitrogens with one attached hydrogen (secondary N) is 2. The predicted octanol–water partition coefficient (Wildman–Crippen LogP) is 1.79. The van der Waals surface area contributed by atoms with Crippen LogP contribution in [0, 0.1) is 5.92 Å². The largest absolute Gasteiger partial charge is 0.366 e. The van der Waals surface area contributed by atoms with Gasteiger partial charge in [0.1, 0.15) is 11.0 Å². The molecule has 0 fully saturated rings. The van der Waals surface area contributed by atoms with Gasteiger partial charge in [0.2, 0.25) is 15.9 Å². The molecule has 0 unspecified atom stereocenters. The maximum Gasteiger partial charge on any atom is 0.251 e. The number of sulfonamides is 1. The van der Waals surface area contributed by atoms with Gasteiger partial charge >= 0.3 is 0 Å². The van der Waals surface area contributed by atoms with Crippen molar-refractivity contribution >= 4 is 38.2 Å². The molecule has 0 saturated heterocycles. The van der Waals surface area contributed by atoms with E-state index in [4.69, 9.17) is 5.73 Å². The van der Waals surface area contributed by atoms with Crippen molar-refractivity contribution < 1.29 is 18.0 Å². The number of carbonyl (C=O) groups is 2. The van der Waals surface area contributed by atoms with Crippen LogP contribution in [0.15, 0.2) is 46.7 Å². The third-order valence-electron chi connectivity index (χ3n) is 3.45. The lowest BCUT2D eigenvalue weighted by Crippen LogP contribution is -2.47. The zero-order valence-corrected chi connectivity index (χ0v) is 15.4. The monoisotopic (exact) mass is 381 g/mol. The highest BCUT2D eigenvalue weighted by atomic mass is 32.2. The lowest BCUT2D eigenvalue weighted by atomic mass is 10.1. The van der Waals surface area contributed by atoms with Gasteiger partial charge in [-0.15, -0.1) is 11.3 Å². The normalized spacial score (nSPS) is 12.8. The van der Waals surface area contributed by atoms with Crippen molar-refractivity contribution in [1.82, 2.24) is 4.72 Å². The van der Waals surface area contributed by atoms with Crippen LogP contribution in [0.3, 0.4) is 0 Å².